The summed E-state index contributed by atoms with van der Waals surface area (Å²) in [5, 5.41) is 7.37. The van der Waals surface area contributed by atoms with E-state index in [-0.39, 0.29) is 5.69 Å². The second-order valence-electron chi connectivity index (χ2n) is 3.75. The smallest absolute Gasteiger partial charge is 0.314 e. The van der Waals surface area contributed by atoms with Gasteiger partial charge < -0.3 is 5.32 Å². The Hall–Kier alpha value is -1.10. The molecule has 5 heteroatoms. The van der Waals surface area contributed by atoms with Gasteiger partial charge in [-0.3, -0.25) is 4.98 Å². The molecule has 1 aromatic rings. The number of aromatic amines is 1. The number of H-pyrrole nitrogens is 1. The topological polar surface area (TPSA) is 62.7 Å². The third-order valence-electron chi connectivity index (χ3n) is 2.72. The van der Waals surface area contributed by atoms with Crippen LogP contribution in [0.15, 0.2) is 11.1 Å². The molecule has 0 aliphatic carbocycles. The molecule has 5 nitrogen and oxygen atoms in total. The molecule has 1 saturated heterocycles. The zero-order valence-corrected chi connectivity index (χ0v) is 8.20. The Morgan fingerprint density at radius 1 is 1.57 bits per heavy atom. The van der Waals surface area contributed by atoms with Crippen molar-refractivity contribution >= 4 is 0 Å². The predicted octanol–water partition coefficient (Wildman–Crippen LogP) is 0.104. The fourth-order valence-electron chi connectivity index (χ4n) is 1.89. The molecule has 78 valence electrons. The number of nitrogens with zero attached hydrogens (tertiary/aromatic N) is 2. The Morgan fingerprint density at radius 3 is 3.14 bits per heavy atom. The van der Waals surface area contributed by atoms with Crippen molar-refractivity contribution in [2.45, 2.75) is 38.3 Å². The van der Waals surface area contributed by atoms with Gasteiger partial charge in [-0.25, -0.2) is 9.48 Å². The zero-order chi connectivity index (χ0) is 9.80. The van der Waals surface area contributed by atoms with Crippen LogP contribution in [-0.4, -0.2) is 27.4 Å². The minimum Gasteiger partial charge on any atom is -0.314 e. The molecule has 14 heavy (non-hydrogen) atoms. The fraction of sp³-hybridized carbons (Fsp3) is 0.778. The van der Waals surface area contributed by atoms with Gasteiger partial charge >= 0.3 is 5.69 Å². The van der Waals surface area contributed by atoms with E-state index in [1.54, 1.807) is 0 Å². The standard InChI is InChI=1S/C9H16N4O/c14-9-11-7-12-13(9)6-4-8-3-1-2-5-10-8/h7-8,10H,1-6H2,(H,11,12,14). The quantitative estimate of drug-likeness (QED) is 0.721. The molecule has 1 atom stereocenters. The van der Waals surface area contributed by atoms with E-state index in [0.717, 1.165) is 13.0 Å². The van der Waals surface area contributed by atoms with E-state index >= 15 is 0 Å². The second kappa shape index (κ2) is 4.41. The van der Waals surface area contributed by atoms with Gasteiger partial charge in [0.2, 0.25) is 0 Å². The Bertz CT molecular complexity index is 324. The highest BCUT2D eigenvalue weighted by Gasteiger charge is 2.12. The van der Waals surface area contributed by atoms with Gasteiger partial charge in [0.15, 0.2) is 0 Å². The molecule has 0 amide bonds. The second-order valence-corrected chi connectivity index (χ2v) is 3.75. The third-order valence-corrected chi connectivity index (χ3v) is 2.72. The summed E-state index contributed by atoms with van der Waals surface area (Å²) in [6.45, 7) is 1.82. The molecule has 1 aliphatic rings. The lowest BCUT2D eigenvalue weighted by Crippen LogP contribution is -2.35. The number of piperidine rings is 1. The first-order valence-electron chi connectivity index (χ1n) is 5.20. The number of aromatic nitrogens is 3. The van der Waals surface area contributed by atoms with Crippen molar-refractivity contribution in [2.75, 3.05) is 6.54 Å². The van der Waals surface area contributed by atoms with Crippen molar-refractivity contribution in [1.29, 1.82) is 0 Å². The largest absolute Gasteiger partial charge is 0.343 e. The molecule has 1 unspecified atom stereocenters. The van der Waals surface area contributed by atoms with E-state index in [9.17, 15) is 4.79 Å². The first-order chi connectivity index (χ1) is 6.86. The Morgan fingerprint density at radius 2 is 2.50 bits per heavy atom. The first-order valence-corrected chi connectivity index (χ1v) is 5.20. The van der Waals surface area contributed by atoms with Gasteiger partial charge in [-0.15, -0.1) is 0 Å². The summed E-state index contributed by atoms with van der Waals surface area (Å²) in [5.41, 5.74) is -0.110. The number of hydrogen-bond donors (Lipinski definition) is 2. The molecule has 2 rings (SSSR count). The van der Waals surface area contributed by atoms with E-state index in [0.29, 0.717) is 12.6 Å². The Balaban J connectivity index is 1.82. The maximum atomic E-state index is 11.1. The van der Waals surface area contributed by atoms with Crippen molar-refractivity contribution in [3.05, 3.63) is 16.8 Å². The van der Waals surface area contributed by atoms with Gasteiger partial charge in [0.1, 0.15) is 6.33 Å². The summed E-state index contributed by atoms with van der Waals surface area (Å²) in [4.78, 5) is 13.6. The Labute approximate surface area is 82.5 Å². The number of nitrogens with one attached hydrogen (secondary N) is 2. The van der Waals surface area contributed by atoms with Crippen LogP contribution in [0.5, 0.6) is 0 Å². The predicted molar refractivity (Wildman–Crippen MR) is 53.1 cm³/mol. The van der Waals surface area contributed by atoms with Crippen LogP contribution in [0, 0.1) is 0 Å². The van der Waals surface area contributed by atoms with Gasteiger partial charge in [0.05, 0.1) is 0 Å². The highest BCUT2D eigenvalue weighted by molar-refractivity contribution is 4.72. The molecule has 0 spiro atoms. The van der Waals surface area contributed by atoms with Crippen LogP contribution in [-0.2, 0) is 6.54 Å². The highest BCUT2D eigenvalue weighted by Crippen LogP contribution is 2.09. The van der Waals surface area contributed by atoms with Crippen molar-refractivity contribution in [3.8, 4) is 0 Å². The number of aryl methyl sites for hydroxylation is 1. The molecule has 2 N–H and O–H groups in total. The average Bonchev–Trinajstić information content (AvgIpc) is 2.63. The molecular weight excluding hydrogens is 180 g/mol. The first kappa shape index (κ1) is 9.45. The lowest BCUT2D eigenvalue weighted by Gasteiger charge is -2.22. The molecule has 0 bridgehead atoms. The van der Waals surface area contributed by atoms with Crippen LogP contribution in [0.25, 0.3) is 0 Å². The molecule has 0 saturated carbocycles. The zero-order valence-electron chi connectivity index (χ0n) is 8.20. The van der Waals surface area contributed by atoms with Gasteiger partial charge in [-0.05, 0) is 25.8 Å². The number of hydrogen-bond acceptors (Lipinski definition) is 3. The lowest BCUT2D eigenvalue weighted by molar-refractivity contribution is 0.358. The Kier molecular flexibility index (Phi) is 2.98. The normalized spacial score (nSPS) is 22.4. The molecule has 2 heterocycles. The van der Waals surface area contributed by atoms with Crippen molar-refractivity contribution in [2.24, 2.45) is 0 Å². The average molecular weight is 196 g/mol. The SMILES string of the molecule is O=c1[nH]cnn1CCC1CCCCN1. The van der Waals surface area contributed by atoms with Crippen LogP contribution < -0.4 is 11.0 Å². The third kappa shape index (κ3) is 2.23. The van der Waals surface area contributed by atoms with E-state index in [4.69, 9.17) is 0 Å². The van der Waals surface area contributed by atoms with Crippen molar-refractivity contribution in [1.82, 2.24) is 20.1 Å². The van der Waals surface area contributed by atoms with Crippen LogP contribution >= 0.6 is 0 Å². The van der Waals surface area contributed by atoms with E-state index in [1.807, 2.05) is 0 Å². The van der Waals surface area contributed by atoms with E-state index < -0.39 is 0 Å². The monoisotopic (exact) mass is 196 g/mol. The molecule has 1 aromatic heterocycles. The van der Waals surface area contributed by atoms with Gasteiger partial charge in [0, 0.05) is 12.6 Å². The van der Waals surface area contributed by atoms with E-state index in [1.165, 1.54) is 30.3 Å². The van der Waals surface area contributed by atoms with Gasteiger partial charge in [0.25, 0.3) is 0 Å². The minimum atomic E-state index is -0.110. The van der Waals surface area contributed by atoms with Crippen LogP contribution in [0.2, 0.25) is 0 Å². The molecule has 1 aliphatic heterocycles. The van der Waals surface area contributed by atoms with Crippen LogP contribution in [0.3, 0.4) is 0 Å². The summed E-state index contributed by atoms with van der Waals surface area (Å²) in [6.07, 6.45) is 6.23. The molecular formula is C9H16N4O. The summed E-state index contributed by atoms with van der Waals surface area (Å²) >= 11 is 0. The lowest BCUT2D eigenvalue weighted by atomic mass is 10.0. The molecule has 1 fully saturated rings. The van der Waals surface area contributed by atoms with Gasteiger partial charge in [-0.1, -0.05) is 6.42 Å². The van der Waals surface area contributed by atoms with Crippen molar-refractivity contribution < 1.29 is 0 Å². The fourth-order valence-corrected chi connectivity index (χ4v) is 1.89. The van der Waals surface area contributed by atoms with Gasteiger partial charge in [-0.2, -0.15) is 5.10 Å². The number of rotatable bonds is 3. The summed E-state index contributed by atoms with van der Waals surface area (Å²) in [5.74, 6) is 0. The maximum Gasteiger partial charge on any atom is 0.343 e. The minimum absolute atomic E-state index is 0.110. The van der Waals surface area contributed by atoms with Crippen molar-refractivity contribution in [3.63, 3.8) is 0 Å². The highest BCUT2D eigenvalue weighted by atomic mass is 16.1. The van der Waals surface area contributed by atoms with E-state index in [2.05, 4.69) is 15.4 Å². The summed E-state index contributed by atoms with van der Waals surface area (Å²) in [7, 11) is 0. The van der Waals surface area contributed by atoms with Crippen LogP contribution in [0.4, 0.5) is 0 Å². The molecule has 0 radical (unpaired) electrons. The summed E-state index contributed by atoms with van der Waals surface area (Å²) in [6, 6.07) is 0.562. The maximum absolute atomic E-state index is 11.1. The summed E-state index contributed by atoms with van der Waals surface area (Å²) < 4.78 is 1.48. The van der Waals surface area contributed by atoms with Crippen LogP contribution in [0.1, 0.15) is 25.7 Å². The molecule has 0 aromatic carbocycles.